The van der Waals surface area contributed by atoms with Gasteiger partial charge in [-0.2, -0.15) is 5.10 Å². The minimum Gasteiger partial charge on any atom is -0.496 e. The molecule has 4 rings (SSSR count). The molecule has 0 spiro atoms. The van der Waals surface area contributed by atoms with E-state index in [2.05, 4.69) is 31.3 Å². The van der Waals surface area contributed by atoms with E-state index >= 15 is 0 Å². The van der Waals surface area contributed by atoms with Crippen LogP contribution < -0.4 is 10.1 Å². The molecule has 30 heavy (non-hydrogen) atoms. The molecule has 0 aliphatic heterocycles. The molecule has 152 valence electrons. The molecule has 2 heterocycles. The summed E-state index contributed by atoms with van der Waals surface area (Å²) < 4.78 is 35.5. The summed E-state index contributed by atoms with van der Waals surface area (Å²) in [5.74, 6) is -1.04. The number of halogens is 3. The third-order valence-corrected chi connectivity index (χ3v) is 5.11. The number of methoxy groups -OCH3 is 1. The number of fused-ring (bicyclic) bond motifs is 1. The highest BCUT2D eigenvalue weighted by molar-refractivity contribution is 9.10. The van der Waals surface area contributed by atoms with Crippen LogP contribution in [0.1, 0.15) is 11.6 Å². The van der Waals surface area contributed by atoms with Crippen LogP contribution in [-0.2, 0) is 4.79 Å². The molecular weight excluding hydrogens is 458 g/mol. The van der Waals surface area contributed by atoms with E-state index in [1.807, 2.05) is 0 Å². The Morgan fingerprint density at radius 2 is 2.03 bits per heavy atom. The third kappa shape index (κ3) is 3.76. The average molecular weight is 473 g/mol. The summed E-state index contributed by atoms with van der Waals surface area (Å²) in [6, 6.07) is 11.0. The van der Waals surface area contributed by atoms with Crippen LogP contribution in [0.25, 0.3) is 10.9 Å². The molecule has 1 N–H and O–H groups in total. The van der Waals surface area contributed by atoms with E-state index in [0.717, 1.165) is 0 Å². The molecular formula is C21H15BrF2N4O2. The van der Waals surface area contributed by atoms with Gasteiger partial charge in [0.05, 0.1) is 11.6 Å². The molecule has 1 atom stereocenters. The van der Waals surface area contributed by atoms with Crippen molar-refractivity contribution in [3.63, 3.8) is 0 Å². The number of rotatable bonds is 5. The van der Waals surface area contributed by atoms with E-state index in [4.69, 9.17) is 4.74 Å². The van der Waals surface area contributed by atoms with Crippen LogP contribution in [0.15, 0.2) is 65.4 Å². The zero-order valence-corrected chi connectivity index (χ0v) is 17.2. The molecule has 0 radical (unpaired) electrons. The van der Waals surface area contributed by atoms with E-state index in [9.17, 15) is 13.6 Å². The molecule has 0 unspecified atom stereocenters. The highest BCUT2D eigenvalue weighted by Gasteiger charge is 2.28. The zero-order valence-electron chi connectivity index (χ0n) is 15.6. The largest absolute Gasteiger partial charge is 0.496 e. The summed E-state index contributed by atoms with van der Waals surface area (Å²) in [6.07, 6.45) is 3.06. The van der Waals surface area contributed by atoms with Crippen LogP contribution in [-0.4, -0.2) is 27.8 Å². The van der Waals surface area contributed by atoms with Crippen LogP contribution in [0.4, 0.5) is 14.6 Å². The third-order valence-electron chi connectivity index (χ3n) is 4.50. The Kier molecular flexibility index (Phi) is 5.45. The Morgan fingerprint density at radius 1 is 1.20 bits per heavy atom. The van der Waals surface area contributed by atoms with Crippen molar-refractivity contribution in [1.82, 2.24) is 14.8 Å². The van der Waals surface area contributed by atoms with E-state index in [-0.39, 0.29) is 15.6 Å². The van der Waals surface area contributed by atoms with Gasteiger partial charge in [0.25, 0.3) is 5.91 Å². The number of aromatic nitrogens is 3. The Balaban J connectivity index is 1.87. The lowest BCUT2D eigenvalue weighted by Crippen LogP contribution is -2.28. The molecule has 0 aliphatic rings. The maximum absolute atomic E-state index is 14.5. The molecule has 0 bridgehead atoms. The van der Waals surface area contributed by atoms with Crippen molar-refractivity contribution in [3.05, 3.63) is 82.6 Å². The Labute approximate surface area is 178 Å². The second-order valence-electron chi connectivity index (χ2n) is 6.40. The molecule has 4 aromatic rings. The maximum Gasteiger partial charge on any atom is 0.255 e. The fraction of sp³-hybridized carbons (Fsp3) is 0.0952. The van der Waals surface area contributed by atoms with Crippen molar-refractivity contribution < 1.29 is 18.3 Å². The number of carbonyl (C=O) groups excluding carboxylic acids is 1. The van der Waals surface area contributed by atoms with Crippen molar-refractivity contribution in [3.8, 4) is 5.75 Å². The highest BCUT2D eigenvalue weighted by atomic mass is 79.9. The van der Waals surface area contributed by atoms with Gasteiger partial charge in [0.1, 0.15) is 22.9 Å². The second-order valence-corrected chi connectivity index (χ2v) is 7.26. The number of anilines is 1. The standard InChI is InChI=1S/C21H15BrF2N4O2/c1-30-16-8-6-13(23)10-14(16)20(21(29)26-17-4-2-3-9-25-17)28-11-12-5-7-15(22)18(24)19(12)27-28/h2-11,20H,1H3,(H,25,26,29)/t20-/m1/s1. The molecule has 0 saturated heterocycles. The molecule has 2 aromatic heterocycles. The lowest BCUT2D eigenvalue weighted by Gasteiger charge is -2.20. The number of nitrogens with one attached hydrogen (secondary N) is 1. The summed E-state index contributed by atoms with van der Waals surface area (Å²) in [5.41, 5.74) is 0.314. The van der Waals surface area contributed by atoms with Crippen molar-refractivity contribution in [2.45, 2.75) is 6.04 Å². The first-order chi connectivity index (χ1) is 14.5. The number of nitrogens with zero attached hydrogens (tertiary/aromatic N) is 3. The molecule has 2 aromatic carbocycles. The molecule has 0 saturated carbocycles. The number of hydrogen-bond acceptors (Lipinski definition) is 4. The molecule has 1 amide bonds. The van der Waals surface area contributed by atoms with Crippen molar-refractivity contribution >= 4 is 38.6 Å². The van der Waals surface area contributed by atoms with Crippen molar-refractivity contribution in [2.75, 3.05) is 12.4 Å². The van der Waals surface area contributed by atoms with Crippen molar-refractivity contribution in [1.29, 1.82) is 0 Å². The topological polar surface area (TPSA) is 69.0 Å². The Bertz CT molecular complexity index is 1230. The normalized spacial score (nSPS) is 12.0. The van der Waals surface area contributed by atoms with Crippen LogP contribution in [0.3, 0.4) is 0 Å². The lowest BCUT2D eigenvalue weighted by atomic mass is 10.0. The predicted molar refractivity (Wildman–Crippen MR) is 111 cm³/mol. The van der Waals surface area contributed by atoms with Gasteiger partial charge < -0.3 is 10.1 Å². The van der Waals surface area contributed by atoms with Gasteiger partial charge >= 0.3 is 0 Å². The number of benzene rings is 2. The SMILES string of the molecule is COc1ccc(F)cc1[C@H](C(=O)Nc1ccccn1)n1cc2ccc(Br)c(F)c2n1. The van der Waals surface area contributed by atoms with Gasteiger partial charge in [0.2, 0.25) is 0 Å². The van der Waals surface area contributed by atoms with Gasteiger partial charge in [-0.3, -0.25) is 9.48 Å². The summed E-state index contributed by atoms with van der Waals surface area (Å²) in [4.78, 5) is 17.3. The molecule has 0 fully saturated rings. The van der Waals surface area contributed by atoms with Gasteiger partial charge in [-0.25, -0.2) is 13.8 Å². The van der Waals surface area contributed by atoms with Crippen LogP contribution in [0, 0.1) is 11.6 Å². The van der Waals surface area contributed by atoms with Gasteiger partial charge in [-0.05, 0) is 58.4 Å². The van der Waals surface area contributed by atoms with Gasteiger partial charge in [-0.15, -0.1) is 0 Å². The zero-order chi connectivity index (χ0) is 21.3. The molecule has 9 heteroatoms. The average Bonchev–Trinajstić information content (AvgIpc) is 3.16. The summed E-state index contributed by atoms with van der Waals surface area (Å²) >= 11 is 3.13. The Hall–Kier alpha value is -3.33. The fourth-order valence-electron chi connectivity index (χ4n) is 3.13. The number of hydrogen-bond donors (Lipinski definition) is 1. The second kappa shape index (κ2) is 8.19. The van der Waals surface area contributed by atoms with Crippen LogP contribution in [0.5, 0.6) is 5.75 Å². The first kappa shape index (κ1) is 20.0. The lowest BCUT2D eigenvalue weighted by molar-refractivity contribution is -0.118. The quantitative estimate of drug-likeness (QED) is 0.456. The van der Waals surface area contributed by atoms with E-state index in [1.165, 1.54) is 42.4 Å². The fourth-order valence-corrected chi connectivity index (χ4v) is 3.45. The number of ether oxygens (including phenoxy) is 1. The van der Waals surface area contributed by atoms with Gasteiger partial charge in [-0.1, -0.05) is 6.07 Å². The molecule has 6 nitrogen and oxygen atoms in total. The van der Waals surface area contributed by atoms with Gasteiger partial charge in [0, 0.05) is 23.3 Å². The predicted octanol–water partition coefficient (Wildman–Crippen LogP) is 4.71. The van der Waals surface area contributed by atoms with Crippen LogP contribution >= 0.6 is 15.9 Å². The number of carbonyl (C=O) groups is 1. The maximum atomic E-state index is 14.5. The van der Waals surface area contributed by atoms with Crippen molar-refractivity contribution in [2.24, 2.45) is 0 Å². The van der Waals surface area contributed by atoms with E-state index in [0.29, 0.717) is 17.0 Å². The van der Waals surface area contributed by atoms with Gasteiger partial charge in [0.15, 0.2) is 11.9 Å². The van der Waals surface area contributed by atoms with E-state index < -0.39 is 23.6 Å². The molecule has 0 aliphatic carbocycles. The number of amides is 1. The van der Waals surface area contributed by atoms with E-state index in [1.54, 1.807) is 30.3 Å². The first-order valence-electron chi connectivity index (χ1n) is 8.86. The summed E-state index contributed by atoms with van der Waals surface area (Å²) in [6.45, 7) is 0. The summed E-state index contributed by atoms with van der Waals surface area (Å²) in [5, 5.41) is 7.45. The smallest absolute Gasteiger partial charge is 0.255 e. The first-order valence-corrected chi connectivity index (χ1v) is 9.65. The monoisotopic (exact) mass is 472 g/mol. The van der Waals surface area contributed by atoms with Crippen LogP contribution in [0.2, 0.25) is 0 Å². The number of pyridine rings is 1. The highest BCUT2D eigenvalue weighted by Crippen LogP contribution is 2.32. The summed E-state index contributed by atoms with van der Waals surface area (Å²) in [7, 11) is 1.42. The minimum atomic E-state index is -1.14. The Morgan fingerprint density at radius 3 is 2.77 bits per heavy atom. The minimum absolute atomic E-state index is 0.0791.